The molecule has 26 heavy (non-hydrogen) atoms. The number of pyridine rings is 1. The molecule has 0 radical (unpaired) electrons. The van der Waals surface area contributed by atoms with E-state index in [2.05, 4.69) is 10.3 Å². The number of aromatic nitrogens is 1. The van der Waals surface area contributed by atoms with Crippen LogP contribution in [0.3, 0.4) is 0 Å². The van der Waals surface area contributed by atoms with Gasteiger partial charge in [0.2, 0.25) is 0 Å². The van der Waals surface area contributed by atoms with Gasteiger partial charge in [-0.2, -0.15) is 0 Å². The van der Waals surface area contributed by atoms with Crippen LogP contribution in [0.4, 0.5) is 4.79 Å². The van der Waals surface area contributed by atoms with Crippen molar-refractivity contribution in [3.8, 4) is 0 Å². The topological polar surface area (TPSA) is 91.7 Å². The van der Waals surface area contributed by atoms with E-state index >= 15 is 0 Å². The molecule has 2 atom stereocenters. The van der Waals surface area contributed by atoms with Crippen LogP contribution >= 0.6 is 0 Å². The summed E-state index contributed by atoms with van der Waals surface area (Å²) >= 11 is 0. The SMILES string of the molecule is O=C(NCC(O)C(O)c1nccc2ccccc12)OCc1ccccc1. The normalized spacial score (nSPS) is 13.2. The minimum atomic E-state index is -1.23. The van der Waals surface area contributed by atoms with Crippen LogP contribution < -0.4 is 5.32 Å². The maximum absolute atomic E-state index is 11.8. The number of rotatable bonds is 6. The van der Waals surface area contributed by atoms with Gasteiger partial charge in [0.1, 0.15) is 18.8 Å². The summed E-state index contributed by atoms with van der Waals surface area (Å²) in [6.45, 7) is -0.0180. The molecular weight excluding hydrogens is 332 g/mol. The van der Waals surface area contributed by atoms with Gasteiger partial charge in [0.25, 0.3) is 0 Å². The maximum atomic E-state index is 11.8. The number of hydrogen-bond acceptors (Lipinski definition) is 5. The second kappa shape index (κ2) is 8.42. The number of aliphatic hydroxyl groups excluding tert-OH is 2. The van der Waals surface area contributed by atoms with Crippen molar-refractivity contribution in [1.29, 1.82) is 0 Å². The number of ether oxygens (including phenoxy) is 1. The van der Waals surface area contributed by atoms with Crippen molar-refractivity contribution in [2.45, 2.75) is 18.8 Å². The van der Waals surface area contributed by atoms with Gasteiger partial charge < -0.3 is 20.3 Å². The first-order valence-corrected chi connectivity index (χ1v) is 8.29. The zero-order valence-electron chi connectivity index (χ0n) is 14.1. The standard InChI is InChI=1S/C20H20N2O4/c23-17(12-22-20(25)26-13-14-6-2-1-3-7-14)19(24)18-16-9-5-4-8-15(16)10-11-21-18/h1-11,17,19,23-24H,12-13H2,(H,22,25). The Morgan fingerprint density at radius 3 is 2.58 bits per heavy atom. The molecule has 0 aliphatic heterocycles. The third-order valence-electron chi connectivity index (χ3n) is 4.02. The number of nitrogens with zero attached hydrogens (tertiary/aromatic N) is 1. The smallest absolute Gasteiger partial charge is 0.407 e. The Labute approximate surface area is 151 Å². The van der Waals surface area contributed by atoms with Gasteiger partial charge in [-0.3, -0.25) is 4.98 Å². The van der Waals surface area contributed by atoms with Crippen molar-refractivity contribution in [3.63, 3.8) is 0 Å². The highest BCUT2D eigenvalue weighted by Crippen LogP contribution is 2.23. The van der Waals surface area contributed by atoms with Gasteiger partial charge in [0, 0.05) is 18.1 Å². The lowest BCUT2D eigenvalue weighted by molar-refractivity contribution is 0.0168. The minimum Gasteiger partial charge on any atom is -0.445 e. The van der Waals surface area contributed by atoms with E-state index in [1.807, 2.05) is 60.7 Å². The number of hydrogen-bond donors (Lipinski definition) is 3. The Kier molecular flexibility index (Phi) is 5.78. The van der Waals surface area contributed by atoms with Gasteiger partial charge in [-0.25, -0.2) is 4.79 Å². The molecule has 1 heterocycles. The molecule has 0 aliphatic carbocycles. The van der Waals surface area contributed by atoms with Crippen LogP contribution in [0.15, 0.2) is 66.9 Å². The van der Waals surface area contributed by atoms with Gasteiger partial charge in [0.05, 0.1) is 5.69 Å². The fourth-order valence-corrected chi connectivity index (χ4v) is 2.63. The Bertz CT molecular complexity index is 865. The molecule has 0 aliphatic rings. The Balaban J connectivity index is 1.55. The summed E-state index contributed by atoms with van der Waals surface area (Å²) in [6.07, 6.45) is -1.52. The fraction of sp³-hybridized carbons (Fsp3) is 0.200. The quantitative estimate of drug-likeness (QED) is 0.634. The van der Waals surface area contributed by atoms with E-state index in [0.717, 1.165) is 16.3 Å². The lowest BCUT2D eigenvalue weighted by Crippen LogP contribution is -2.36. The van der Waals surface area contributed by atoms with Crippen LogP contribution in [-0.2, 0) is 11.3 Å². The van der Waals surface area contributed by atoms with Gasteiger partial charge in [-0.1, -0.05) is 54.6 Å². The van der Waals surface area contributed by atoms with Crippen LogP contribution in [0.1, 0.15) is 17.4 Å². The molecule has 0 saturated carbocycles. The molecule has 3 N–H and O–H groups in total. The Morgan fingerprint density at radius 1 is 1.04 bits per heavy atom. The van der Waals surface area contributed by atoms with Crippen LogP contribution in [0.2, 0.25) is 0 Å². The largest absolute Gasteiger partial charge is 0.445 e. The zero-order chi connectivity index (χ0) is 18.4. The molecule has 3 rings (SSSR count). The number of nitrogens with one attached hydrogen (secondary N) is 1. The maximum Gasteiger partial charge on any atom is 0.407 e. The number of alkyl carbamates (subject to hydrolysis) is 1. The average molecular weight is 352 g/mol. The lowest BCUT2D eigenvalue weighted by atomic mass is 10.0. The highest BCUT2D eigenvalue weighted by atomic mass is 16.5. The fourth-order valence-electron chi connectivity index (χ4n) is 2.63. The number of aliphatic hydroxyl groups is 2. The molecule has 3 aromatic rings. The van der Waals surface area contributed by atoms with Crippen molar-refractivity contribution in [1.82, 2.24) is 10.3 Å². The van der Waals surface area contributed by atoms with Gasteiger partial charge >= 0.3 is 6.09 Å². The van der Waals surface area contributed by atoms with Crippen LogP contribution in [0, 0.1) is 0 Å². The highest BCUT2D eigenvalue weighted by molar-refractivity contribution is 5.84. The van der Waals surface area contributed by atoms with Crippen LogP contribution in [0.5, 0.6) is 0 Å². The lowest BCUT2D eigenvalue weighted by Gasteiger charge is -2.19. The summed E-state index contributed by atoms with van der Waals surface area (Å²) in [5.41, 5.74) is 1.23. The monoisotopic (exact) mass is 352 g/mol. The summed E-state index contributed by atoms with van der Waals surface area (Å²) < 4.78 is 5.08. The molecule has 6 heteroatoms. The van der Waals surface area contributed by atoms with Gasteiger partial charge in [-0.15, -0.1) is 0 Å². The van der Waals surface area contributed by atoms with Gasteiger partial charge in [0.15, 0.2) is 0 Å². The first kappa shape index (κ1) is 17.8. The first-order valence-electron chi connectivity index (χ1n) is 8.29. The van der Waals surface area contributed by atoms with Crippen molar-refractivity contribution in [3.05, 3.63) is 78.1 Å². The molecule has 0 bridgehead atoms. The zero-order valence-corrected chi connectivity index (χ0v) is 14.1. The third kappa shape index (κ3) is 4.36. The summed E-state index contributed by atoms with van der Waals surface area (Å²) in [7, 11) is 0. The number of fused-ring (bicyclic) bond motifs is 1. The molecule has 0 fully saturated rings. The third-order valence-corrected chi connectivity index (χ3v) is 4.02. The molecule has 1 aromatic heterocycles. The molecule has 0 saturated heterocycles. The number of amides is 1. The molecule has 134 valence electrons. The highest BCUT2D eigenvalue weighted by Gasteiger charge is 2.22. The molecule has 2 unspecified atom stereocenters. The number of benzene rings is 2. The molecule has 1 amide bonds. The number of carbonyl (C=O) groups excluding carboxylic acids is 1. The second-order valence-electron chi connectivity index (χ2n) is 5.87. The molecule has 6 nitrogen and oxygen atoms in total. The number of carbonyl (C=O) groups is 1. The van der Waals surface area contributed by atoms with E-state index in [4.69, 9.17) is 4.74 Å². The van der Waals surface area contributed by atoms with Crippen molar-refractivity contribution < 1.29 is 19.7 Å². The summed E-state index contributed by atoms with van der Waals surface area (Å²) in [5, 5.41) is 24.7. The van der Waals surface area contributed by atoms with Crippen molar-refractivity contribution in [2.24, 2.45) is 0 Å². The van der Waals surface area contributed by atoms with E-state index in [1.165, 1.54) is 0 Å². The second-order valence-corrected chi connectivity index (χ2v) is 5.87. The minimum absolute atomic E-state index is 0.135. The predicted molar refractivity (Wildman–Crippen MR) is 97.3 cm³/mol. The molecule has 2 aromatic carbocycles. The van der Waals surface area contributed by atoms with E-state index in [9.17, 15) is 15.0 Å². The first-order chi connectivity index (χ1) is 12.6. The summed E-state index contributed by atoms with van der Waals surface area (Å²) in [6, 6.07) is 18.6. The predicted octanol–water partition coefficient (Wildman–Crippen LogP) is 2.56. The Morgan fingerprint density at radius 2 is 1.77 bits per heavy atom. The van der Waals surface area contributed by atoms with Crippen LogP contribution in [-0.4, -0.2) is 33.9 Å². The molecule has 0 spiro atoms. The van der Waals surface area contributed by atoms with Gasteiger partial charge in [-0.05, 0) is 17.0 Å². The summed E-state index contributed by atoms with van der Waals surface area (Å²) in [5.74, 6) is 0. The van der Waals surface area contributed by atoms with E-state index in [-0.39, 0.29) is 13.2 Å². The van der Waals surface area contributed by atoms with Crippen molar-refractivity contribution >= 4 is 16.9 Å². The Hall–Kier alpha value is -2.96. The van der Waals surface area contributed by atoms with Crippen molar-refractivity contribution in [2.75, 3.05) is 6.54 Å². The van der Waals surface area contributed by atoms with E-state index in [1.54, 1.807) is 6.20 Å². The summed E-state index contributed by atoms with van der Waals surface area (Å²) in [4.78, 5) is 15.9. The van der Waals surface area contributed by atoms with E-state index < -0.39 is 18.3 Å². The molecular formula is C20H20N2O4. The van der Waals surface area contributed by atoms with Crippen LogP contribution in [0.25, 0.3) is 10.8 Å². The van der Waals surface area contributed by atoms with E-state index in [0.29, 0.717) is 5.69 Å². The average Bonchev–Trinajstić information content (AvgIpc) is 2.70.